The smallest absolute Gasteiger partial charge is 0.331 e. The van der Waals surface area contributed by atoms with E-state index in [0.29, 0.717) is 19.4 Å². The third-order valence-corrected chi connectivity index (χ3v) is 2.00. The Hall–Kier alpha value is -1.14. The van der Waals surface area contributed by atoms with Crippen LogP contribution in [-0.2, 0) is 9.53 Å². The molecule has 3 heteroatoms. The first kappa shape index (κ1) is 12.9. The highest BCUT2D eigenvalue weighted by molar-refractivity contribution is 8.02. The van der Waals surface area contributed by atoms with E-state index in [1.165, 1.54) is 17.8 Å². The molecule has 0 unspecified atom stereocenters. The second-order valence-corrected chi connectivity index (χ2v) is 3.39. The maximum Gasteiger partial charge on any atom is 0.331 e. The molecule has 0 saturated heterocycles. The minimum absolute atomic E-state index is 0.319. The van der Waals surface area contributed by atoms with Crippen LogP contribution >= 0.6 is 11.8 Å². The predicted molar refractivity (Wildman–Crippen MR) is 60.8 cm³/mol. The standard InChI is InChI=1S/C11H14O2S/c1-3-5-8-13-11(12)7-10-14-9-6-4-2/h2-3,7,10H,1,5-6,8-9H2/b10-7+. The van der Waals surface area contributed by atoms with E-state index < -0.39 is 0 Å². The quantitative estimate of drug-likeness (QED) is 0.212. The maximum atomic E-state index is 11.0. The minimum Gasteiger partial charge on any atom is -0.462 e. The van der Waals surface area contributed by atoms with Gasteiger partial charge in [-0.3, -0.25) is 0 Å². The molecule has 0 aromatic rings. The fourth-order valence-electron chi connectivity index (χ4n) is 0.581. The summed E-state index contributed by atoms with van der Waals surface area (Å²) in [7, 11) is 0. The maximum absolute atomic E-state index is 11.0. The van der Waals surface area contributed by atoms with Gasteiger partial charge in [0.2, 0.25) is 0 Å². The van der Waals surface area contributed by atoms with Crippen molar-refractivity contribution in [2.45, 2.75) is 12.8 Å². The number of esters is 1. The van der Waals surface area contributed by atoms with Gasteiger partial charge in [-0.05, 0) is 11.8 Å². The van der Waals surface area contributed by atoms with Crippen molar-refractivity contribution in [2.75, 3.05) is 12.4 Å². The highest BCUT2D eigenvalue weighted by Crippen LogP contribution is 2.03. The highest BCUT2D eigenvalue weighted by atomic mass is 32.2. The Balaban J connectivity index is 3.41. The zero-order chi connectivity index (χ0) is 10.6. The van der Waals surface area contributed by atoms with Gasteiger partial charge in [0.05, 0.1) is 6.61 Å². The SMILES string of the molecule is C#CCCS/C=C/C(=O)OCCC=C. The van der Waals surface area contributed by atoms with Crippen molar-refractivity contribution in [3.63, 3.8) is 0 Å². The van der Waals surface area contributed by atoms with Gasteiger partial charge in [0.15, 0.2) is 0 Å². The van der Waals surface area contributed by atoms with Crippen molar-refractivity contribution in [1.29, 1.82) is 0 Å². The lowest BCUT2D eigenvalue weighted by atomic mass is 10.4. The number of hydrogen-bond acceptors (Lipinski definition) is 3. The zero-order valence-corrected chi connectivity index (χ0v) is 8.89. The molecule has 0 fully saturated rings. The number of terminal acetylenes is 1. The van der Waals surface area contributed by atoms with Crippen LogP contribution in [0.15, 0.2) is 24.1 Å². The summed E-state index contributed by atoms with van der Waals surface area (Å²) >= 11 is 1.50. The molecule has 0 aliphatic heterocycles. The molecule has 0 aromatic carbocycles. The lowest BCUT2D eigenvalue weighted by Crippen LogP contribution is -2.00. The predicted octanol–water partition coefficient (Wildman–Crippen LogP) is 2.38. The van der Waals surface area contributed by atoms with E-state index >= 15 is 0 Å². The average Bonchev–Trinajstić information content (AvgIpc) is 2.18. The van der Waals surface area contributed by atoms with Gasteiger partial charge in [-0.1, -0.05) is 6.08 Å². The van der Waals surface area contributed by atoms with Gasteiger partial charge >= 0.3 is 5.97 Å². The summed E-state index contributed by atoms with van der Waals surface area (Å²) in [5, 5.41) is 1.70. The van der Waals surface area contributed by atoms with E-state index in [1.807, 2.05) is 0 Å². The van der Waals surface area contributed by atoms with Crippen molar-refractivity contribution in [1.82, 2.24) is 0 Å². The van der Waals surface area contributed by atoms with Crippen molar-refractivity contribution >= 4 is 17.7 Å². The first-order valence-corrected chi connectivity index (χ1v) is 5.35. The van der Waals surface area contributed by atoms with Crippen LogP contribution < -0.4 is 0 Å². The Bertz CT molecular complexity index is 238. The fraction of sp³-hybridized carbons (Fsp3) is 0.364. The summed E-state index contributed by atoms with van der Waals surface area (Å²) in [4.78, 5) is 11.0. The monoisotopic (exact) mass is 210 g/mol. The fourth-order valence-corrected chi connectivity index (χ4v) is 1.16. The molecule has 0 aliphatic carbocycles. The Kier molecular flexibility index (Phi) is 9.13. The van der Waals surface area contributed by atoms with Crippen LogP contribution in [0, 0.1) is 12.3 Å². The van der Waals surface area contributed by atoms with E-state index in [1.54, 1.807) is 11.5 Å². The Morgan fingerprint density at radius 3 is 3.07 bits per heavy atom. The molecule has 0 atom stereocenters. The van der Waals surface area contributed by atoms with Gasteiger partial charge in [0.25, 0.3) is 0 Å². The second kappa shape index (κ2) is 9.94. The Morgan fingerprint density at radius 1 is 1.64 bits per heavy atom. The van der Waals surface area contributed by atoms with Crippen LogP contribution in [0.1, 0.15) is 12.8 Å². The number of ether oxygens (including phenoxy) is 1. The molecule has 2 nitrogen and oxygen atoms in total. The molecule has 76 valence electrons. The summed E-state index contributed by atoms with van der Waals surface area (Å²) < 4.78 is 4.84. The molecule has 0 aromatic heterocycles. The summed E-state index contributed by atoms with van der Waals surface area (Å²) in [6.45, 7) is 3.91. The largest absolute Gasteiger partial charge is 0.462 e. The third-order valence-electron chi connectivity index (χ3n) is 1.23. The molecule has 0 rings (SSSR count). The number of carbonyl (C=O) groups excluding carboxylic acids is 1. The molecule has 0 spiro atoms. The van der Waals surface area contributed by atoms with Crippen LogP contribution in [-0.4, -0.2) is 18.3 Å². The molecular formula is C11H14O2S. The molecule has 0 N–H and O–H groups in total. The zero-order valence-electron chi connectivity index (χ0n) is 8.07. The van der Waals surface area contributed by atoms with Gasteiger partial charge in [-0.25, -0.2) is 4.79 Å². The van der Waals surface area contributed by atoms with Crippen LogP contribution in [0.25, 0.3) is 0 Å². The Labute approximate surface area is 89.4 Å². The minimum atomic E-state index is -0.319. The van der Waals surface area contributed by atoms with Gasteiger partial charge in [0, 0.05) is 18.2 Å². The first-order chi connectivity index (χ1) is 6.81. The van der Waals surface area contributed by atoms with Gasteiger partial charge in [-0.15, -0.1) is 30.7 Å². The lowest BCUT2D eigenvalue weighted by molar-refractivity contribution is -0.137. The number of thioether (sulfide) groups is 1. The number of hydrogen-bond donors (Lipinski definition) is 0. The molecule has 0 aliphatic rings. The molecular weight excluding hydrogens is 196 g/mol. The molecule has 0 bridgehead atoms. The van der Waals surface area contributed by atoms with Crippen LogP contribution in [0.3, 0.4) is 0 Å². The van der Waals surface area contributed by atoms with Gasteiger partial charge in [0.1, 0.15) is 0 Å². The number of carbonyl (C=O) groups is 1. The van der Waals surface area contributed by atoms with Crippen molar-refractivity contribution < 1.29 is 9.53 Å². The van der Waals surface area contributed by atoms with Crippen molar-refractivity contribution in [2.24, 2.45) is 0 Å². The van der Waals surface area contributed by atoms with Gasteiger partial charge in [-0.2, -0.15) is 0 Å². The van der Waals surface area contributed by atoms with E-state index in [4.69, 9.17) is 11.2 Å². The molecule has 0 heterocycles. The van der Waals surface area contributed by atoms with Gasteiger partial charge < -0.3 is 4.74 Å². The van der Waals surface area contributed by atoms with E-state index in [0.717, 1.165) is 5.75 Å². The normalized spacial score (nSPS) is 9.64. The first-order valence-electron chi connectivity index (χ1n) is 4.30. The average molecular weight is 210 g/mol. The van der Waals surface area contributed by atoms with E-state index in [9.17, 15) is 4.79 Å². The Morgan fingerprint density at radius 2 is 2.43 bits per heavy atom. The lowest BCUT2D eigenvalue weighted by Gasteiger charge is -1.97. The van der Waals surface area contributed by atoms with Crippen molar-refractivity contribution in [3.05, 3.63) is 24.1 Å². The topological polar surface area (TPSA) is 26.3 Å². The number of rotatable bonds is 7. The molecule has 0 saturated carbocycles. The molecule has 0 amide bonds. The summed E-state index contributed by atoms with van der Waals surface area (Å²) in [6.07, 6.45) is 9.57. The second-order valence-electron chi connectivity index (χ2n) is 2.37. The van der Waals surface area contributed by atoms with Crippen LogP contribution in [0.2, 0.25) is 0 Å². The van der Waals surface area contributed by atoms with Crippen molar-refractivity contribution in [3.8, 4) is 12.3 Å². The van der Waals surface area contributed by atoms with Crippen LogP contribution in [0.4, 0.5) is 0 Å². The van der Waals surface area contributed by atoms with Crippen LogP contribution in [0.5, 0.6) is 0 Å². The third kappa shape index (κ3) is 8.95. The van der Waals surface area contributed by atoms with E-state index in [2.05, 4.69) is 12.5 Å². The molecule has 0 radical (unpaired) electrons. The van der Waals surface area contributed by atoms with E-state index in [-0.39, 0.29) is 5.97 Å². The summed E-state index contributed by atoms with van der Waals surface area (Å²) in [5.41, 5.74) is 0. The molecule has 14 heavy (non-hydrogen) atoms. The summed E-state index contributed by atoms with van der Waals surface area (Å²) in [6, 6.07) is 0. The summed E-state index contributed by atoms with van der Waals surface area (Å²) in [5.74, 6) is 3.02. The highest BCUT2D eigenvalue weighted by Gasteiger charge is 1.93.